The maximum Gasteiger partial charge on any atom is 0.338 e. The average Bonchev–Trinajstić information content (AvgIpc) is 2.53. The Labute approximate surface area is 123 Å². The van der Waals surface area contributed by atoms with E-state index >= 15 is 0 Å². The van der Waals surface area contributed by atoms with Crippen molar-refractivity contribution in [1.29, 1.82) is 0 Å². The van der Waals surface area contributed by atoms with Crippen LogP contribution in [0.5, 0.6) is 0 Å². The Balaban J connectivity index is 2.22. The van der Waals surface area contributed by atoms with Crippen molar-refractivity contribution in [1.82, 2.24) is 0 Å². The molecule has 4 nitrogen and oxygen atoms in total. The summed E-state index contributed by atoms with van der Waals surface area (Å²) in [7, 11) is 1.35. The maximum atomic E-state index is 11.9. The number of unbranched alkanes of at least 4 members (excludes halogenated alkanes) is 1. The van der Waals surface area contributed by atoms with Crippen LogP contribution >= 0.6 is 0 Å². The van der Waals surface area contributed by atoms with Crippen molar-refractivity contribution in [2.24, 2.45) is 0 Å². The Bertz CT molecular complexity index is 661. The summed E-state index contributed by atoms with van der Waals surface area (Å²) >= 11 is 0. The van der Waals surface area contributed by atoms with Crippen molar-refractivity contribution in [2.45, 2.75) is 19.8 Å². The third-order valence-corrected chi connectivity index (χ3v) is 3.23. The van der Waals surface area contributed by atoms with E-state index in [1.165, 1.54) is 7.11 Å². The SMILES string of the molecule is CCCCOC(=O)c1ccc2cc(C(=O)OC)ccc2c1. The molecule has 0 aromatic heterocycles. The monoisotopic (exact) mass is 286 g/mol. The van der Waals surface area contributed by atoms with E-state index in [2.05, 4.69) is 4.74 Å². The van der Waals surface area contributed by atoms with Gasteiger partial charge in [0.2, 0.25) is 0 Å². The first kappa shape index (κ1) is 15.0. The van der Waals surface area contributed by atoms with Crippen molar-refractivity contribution < 1.29 is 19.1 Å². The molecule has 0 spiro atoms. The average molecular weight is 286 g/mol. The van der Waals surface area contributed by atoms with E-state index in [-0.39, 0.29) is 11.9 Å². The van der Waals surface area contributed by atoms with Crippen molar-refractivity contribution in [3.63, 3.8) is 0 Å². The third-order valence-electron chi connectivity index (χ3n) is 3.23. The number of rotatable bonds is 5. The molecule has 0 aliphatic rings. The standard InChI is InChI=1S/C17H18O4/c1-3-4-9-21-17(19)15-8-6-12-10-14(16(18)20-2)7-5-13(12)11-15/h5-8,10-11H,3-4,9H2,1-2H3. The van der Waals surface area contributed by atoms with Gasteiger partial charge in [-0.1, -0.05) is 25.5 Å². The van der Waals surface area contributed by atoms with Crippen LogP contribution in [0.25, 0.3) is 10.8 Å². The highest BCUT2D eigenvalue weighted by Gasteiger charge is 2.10. The van der Waals surface area contributed by atoms with Gasteiger partial charge in [-0.15, -0.1) is 0 Å². The number of fused-ring (bicyclic) bond motifs is 1. The van der Waals surface area contributed by atoms with Crippen molar-refractivity contribution in [3.05, 3.63) is 47.5 Å². The minimum Gasteiger partial charge on any atom is -0.465 e. The van der Waals surface area contributed by atoms with E-state index in [0.29, 0.717) is 17.7 Å². The van der Waals surface area contributed by atoms with Gasteiger partial charge in [-0.25, -0.2) is 9.59 Å². The molecule has 0 atom stereocenters. The Hall–Kier alpha value is -2.36. The summed E-state index contributed by atoms with van der Waals surface area (Å²) < 4.78 is 9.87. The van der Waals surface area contributed by atoms with Crippen LogP contribution in [0.2, 0.25) is 0 Å². The van der Waals surface area contributed by atoms with Crippen molar-refractivity contribution in [2.75, 3.05) is 13.7 Å². The molecule has 2 rings (SSSR count). The second-order valence-corrected chi connectivity index (χ2v) is 4.76. The first-order chi connectivity index (χ1) is 10.2. The molecule has 0 N–H and O–H groups in total. The molecular formula is C17H18O4. The molecule has 0 saturated carbocycles. The topological polar surface area (TPSA) is 52.6 Å². The fourth-order valence-electron chi connectivity index (χ4n) is 2.01. The Kier molecular flexibility index (Phi) is 4.93. The zero-order chi connectivity index (χ0) is 15.2. The van der Waals surface area contributed by atoms with E-state index in [1.54, 1.807) is 36.4 Å². The maximum absolute atomic E-state index is 11.9. The fraction of sp³-hybridized carbons (Fsp3) is 0.294. The number of carbonyl (C=O) groups is 2. The van der Waals surface area contributed by atoms with Gasteiger partial charge in [-0.05, 0) is 41.5 Å². The van der Waals surface area contributed by atoms with Gasteiger partial charge in [0.05, 0.1) is 24.8 Å². The van der Waals surface area contributed by atoms with Gasteiger partial charge >= 0.3 is 11.9 Å². The van der Waals surface area contributed by atoms with E-state index in [4.69, 9.17) is 4.74 Å². The number of hydrogen-bond donors (Lipinski definition) is 0. The highest BCUT2D eigenvalue weighted by atomic mass is 16.5. The molecule has 2 aromatic rings. The van der Waals surface area contributed by atoms with Crippen LogP contribution in [0, 0.1) is 0 Å². The third kappa shape index (κ3) is 3.60. The molecule has 110 valence electrons. The molecule has 4 heteroatoms. The largest absolute Gasteiger partial charge is 0.465 e. The summed E-state index contributed by atoms with van der Waals surface area (Å²) in [6.07, 6.45) is 1.85. The van der Waals surface area contributed by atoms with E-state index in [9.17, 15) is 9.59 Å². The summed E-state index contributed by atoms with van der Waals surface area (Å²) in [5, 5.41) is 1.76. The van der Waals surface area contributed by atoms with Gasteiger partial charge in [-0.2, -0.15) is 0 Å². The molecule has 2 aromatic carbocycles. The van der Waals surface area contributed by atoms with Crippen LogP contribution in [0.1, 0.15) is 40.5 Å². The van der Waals surface area contributed by atoms with Gasteiger partial charge in [0.15, 0.2) is 0 Å². The highest BCUT2D eigenvalue weighted by Crippen LogP contribution is 2.19. The first-order valence-electron chi connectivity index (χ1n) is 6.95. The van der Waals surface area contributed by atoms with Crippen molar-refractivity contribution in [3.8, 4) is 0 Å². The number of carbonyl (C=O) groups excluding carboxylic acids is 2. The van der Waals surface area contributed by atoms with Gasteiger partial charge in [0, 0.05) is 0 Å². The lowest BCUT2D eigenvalue weighted by atomic mass is 10.0. The lowest BCUT2D eigenvalue weighted by Gasteiger charge is -2.06. The zero-order valence-corrected chi connectivity index (χ0v) is 12.2. The molecule has 0 fully saturated rings. The molecule has 0 aliphatic heterocycles. The smallest absolute Gasteiger partial charge is 0.338 e. The molecule has 0 amide bonds. The number of ether oxygens (including phenoxy) is 2. The summed E-state index contributed by atoms with van der Waals surface area (Å²) in [4.78, 5) is 23.4. The first-order valence-corrected chi connectivity index (χ1v) is 6.95. The second-order valence-electron chi connectivity index (χ2n) is 4.76. The normalized spacial score (nSPS) is 10.4. The van der Waals surface area contributed by atoms with Crippen molar-refractivity contribution >= 4 is 22.7 Å². The minimum absolute atomic E-state index is 0.317. The van der Waals surface area contributed by atoms with E-state index < -0.39 is 0 Å². The van der Waals surface area contributed by atoms with Gasteiger partial charge in [0.1, 0.15) is 0 Å². The Morgan fingerprint density at radius 3 is 2.05 bits per heavy atom. The van der Waals surface area contributed by atoms with Crippen LogP contribution in [0.3, 0.4) is 0 Å². The summed E-state index contributed by atoms with van der Waals surface area (Å²) in [5.41, 5.74) is 1.01. The molecule has 21 heavy (non-hydrogen) atoms. The van der Waals surface area contributed by atoms with Crippen LogP contribution in [0.4, 0.5) is 0 Å². The molecule has 0 saturated heterocycles. The van der Waals surface area contributed by atoms with Gasteiger partial charge in [0.25, 0.3) is 0 Å². The van der Waals surface area contributed by atoms with E-state index in [0.717, 1.165) is 23.6 Å². The predicted molar refractivity (Wildman–Crippen MR) is 80.5 cm³/mol. The van der Waals surface area contributed by atoms with Crippen LogP contribution in [-0.4, -0.2) is 25.7 Å². The molecular weight excluding hydrogens is 268 g/mol. The summed E-state index contributed by atoms with van der Waals surface area (Å²) in [6, 6.07) is 10.5. The number of esters is 2. The van der Waals surface area contributed by atoms with Gasteiger partial charge in [-0.3, -0.25) is 0 Å². The fourth-order valence-corrected chi connectivity index (χ4v) is 2.01. The quantitative estimate of drug-likeness (QED) is 0.622. The number of methoxy groups -OCH3 is 1. The number of hydrogen-bond acceptors (Lipinski definition) is 4. The van der Waals surface area contributed by atoms with Crippen LogP contribution in [-0.2, 0) is 9.47 Å². The van der Waals surface area contributed by atoms with Crippen LogP contribution < -0.4 is 0 Å². The molecule has 0 aliphatic carbocycles. The van der Waals surface area contributed by atoms with E-state index in [1.807, 2.05) is 6.92 Å². The molecule has 0 heterocycles. The minimum atomic E-state index is -0.375. The molecule has 0 unspecified atom stereocenters. The lowest BCUT2D eigenvalue weighted by molar-refractivity contribution is 0.0499. The zero-order valence-electron chi connectivity index (χ0n) is 12.2. The Morgan fingerprint density at radius 2 is 1.52 bits per heavy atom. The molecule has 0 bridgehead atoms. The predicted octanol–water partition coefficient (Wildman–Crippen LogP) is 3.58. The second kappa shape index (κ2) is 6.88. The highest BCUT2D eigenvalue weighted by molar-refractivity contribution is 5.98. The van der Waals surface area contributed by atoms with Gasteiger partial charge < -0.3 is 9.47 Å². The van der Waals surface area contributed by atoms with Crippen LogP contribution in [0.15, 0.2) is 36.4 Å². The number of benzene rings is 2. The summed E-state index contributed by atoms with van der Waals surface area (Å²) in [6.45, 7) is 2.48. The Morgan fingerprint density at radius 1 is 0.952 bits per heavy atom. The summed E-state index contributed by atoms with van der Waals surface area (Å²) in [5.74, 6) is -0.692. The molecule has 0 radical (unpaired) electrons. The lowest BCUT2D eigenvalue weighted by Crippen LogP contribution is -2.06.